The van der Waals surface area contributed by atoms with Gasteiger partial charge in [0.2, 0.25) is 0 Å². The smallest absolute Gasteiger partial charge is 0.306 e. The highest BCUT2D eigenvalue weighted by Crippen LogP contribution is 2.26. The number of carbonyl (C=O) groups excluding carboxylic acids is 1. The van der Waals surface area contributed by atoms with E-state index < -0.39 is 0 Å². The first kappa shape index (κ1) is 13.6. The van der Waals surface area contributed by atoms with Crippen LogP contribution < -0.4 is 0 Å². The van der Waals surface area contributed by atoms with Crippen LogP contribution in [0.25, 0.3) is 0 Å². The highest BCUT2D eigenvalue weighted by molar-refractivity contribution is 9.10. The molecule has 4 heteroatoms. The Kier molecular flexibility index (Phi) is 5.91. The molecule has 0 fully saturated rings. The number of ether oxygens (including phenoxy) is 1. The average Bonchev–Trinajstić information content (AvgIpc) is 2.27. The largest absolute Gasteiger partial charge is 0.466 e. The van der Waals surface area contributed by atoms with Crippen LogP contribution in [-0.4, -0.2) is 18.8 Å². The summed E-state index contributed by atoms with van der Waals surface area (Å²) in [5.74, 6) is -0.132. The molecule has 0 N–H and O–H groups in total. The Morgan fingerprint density at radius 2 is 2.25 bits per heavy atom. The molecule has 0 heterocycles. The van der Waals surface area contributed by atoms with Gasteiger partial charge in [-0.3, -0.25) is 4.79 Å². The number of hydrogen-bond acceptors (Lipinski definition) is 3. The minimum Gasteiger partial charge on any atom is -0.466 e. The van der Waals surface area contributed by atoms with Crippen molar-refractivity contribution in [3.8, 4) is 0 Å². The van der Waals surface area contributed by atoms with Crippen LogP contribution in [0, 0.1) is 0 Å². The van der Waals surface area contributed by atoms with Crippen LogP contribution in [0.1, 0.15) is 18.9 Å². The number of thioether (sulfide) groups is 1. The second kappa shape index (κ2) is 6.97. The maximum absolute atomic E-state index is 11.2. The molecule has 0 radical (unpaired) electrons. The van der Waals surface area contributed by atoms with Gasteiger partial charge < -0.3 is 4.74 Å². The van der Waals surface area contributed by atoms with Crippen molar-refractivity contribution in [3.63, 3.8) is 0 Å². The van der Waals surface area contributed by atoms with E-state index in [1.54, 1.807) is 11.8 Å². The molecule has 1 aromatic rings. The minimum atomic E-state index is -0.132. The summed E-state index contributed by atoms with van der Waals surface area (Å²) in [6.45, 7) is 2.27. The number of aryl methyl sites for hydroxylation is 1. The molecule has 0 saturated heterocycles. The average molecular weight is 303 g/mol. The first-order valence-electron chi connectivity index (χ1n) is 5.15. The minimum absolute atomic E-state index is 0.132. The fraction of sp³-hybridized carbons (Fsp3) is 0.417. The summed E-state index contributed by atoms with van der Waals surface area (Å²) in [6, 6.07) is 6.18. The third kappa shape index (κ3) is 4.18. The fourth-order valence-electron chi connectivity index (χ4n) is 1.34. The third-order valence-corrected chi connectivity index (χ3v) is 3.85. The highest BCUT2D eigenvalue weighted by atomic mass is 79.9. The van der Waals surface area contributed by atoms with Crippen LogP contribution in [0.5, 0.6) is 0 Å². The summed E-state index contributed by atoms with van der Waals surface area (Å²) in [5, 5.41) is 0. The maximum atomic E-state index is 11.2. The predicted molar refractivity (Wildman–Crippen MR) is 70.9 cm³/mol. The Balaban J connectivity index is 2.55. The molecule has 0 atom stereocenters. The van der Waals surface area contributed by atoms with E-state index in [0.717, 1.165) is 16.5 Å². The van der Waals surface area contributed by atoms with Crippen molar-refractivity contribution >= 4 is 33.7 Å². The molecule has 0 aliphatic carbocycles. The molecule has 1 rings (SSSR count). The van der Waals surface area contributed by atoms with Gasteiger partial charge in [-0.05, 0) is 53.2 Å². The lowest BCUT2D eigenvalue weighted by atomic mass is 10.1. The van der Waals surface area contributed by atoms with Crippen LogP contribution in [-0.2, 0) is 16.0 Å². The number of carbonyl (C=O) groups is 1. The second-order valence-corrected chi connectivity index (χ2v) is 4.98. The van der Waals surface area contributed by atoms with Gasteiger partial charge in [-0.1, -0.05) is 6.07 Å². The molecule has 0 saturated carbocycles. The summed E-state index contributed by atoms with van der Waals surface area (Å²) in [7, 11) is 0. The van der Waals surface area contributed by atoms with Crippen LogP contribution in [0.3, 0.4) is 0 Å². The lowest BCUT2D eigenvalue weighted by Crippen LogP contribution is -2.05. The summed E-state index contributed by atoms with van der Waals surface area (Å²) in [5.41, 5.74) is 1.15. The lowest BCUT2D eigenvalue weighted by molar-refractivity contribution is -0.143. The van der Waals surface area contributed by atoms with E-state index in [1.807, 2.05) is 13.2 Å². The van der Waals surface area contributed by atoms with Crippen LogP contribution in [0.2, 0.25) is 0 Å². The van der Waals surface area contributed by atoms with Gasteiger partial charge in [-0.2, -0.15) is 0 Å². The monoisotopic (exact) mass is 302 g/mol. The van der Waals surface area contributed by atoms with E-state index in [2.05, 4.69) is 34.1 Å². The van der Waals surface area contributed by atoms with Gasteiger partial charge in [0, 0.05) is 15.8 Å². The van der Waals surface area contributed by atoms with E-state index in [0.29, 0.717) is 13.0 Å². The molecule has 0 amide bonds. The zero-order chi connectivity index (χ0) is 12.0. The highest BCUT2D eigenvalue weighted by Gasteiger charge is 2.04. The molecular weight excluding hydrogens is 288 g/mol. The molecule has 88 valence electrons. The zero-order valence-electron chi connectivity index (χ0n) is 9.46. The number of halogens is 1. The molecule has 16 heavy (non-hydrogen) atoms. The summed E-state index contributed by atoms with van der Waals surface area (Å²) in [6.07, 6.45) is 3.21. The molecule has 0 bridgehead atoms. The van der Waals surface area contributed by atoms with E-state index in [9.17, 15) is 4.79 Å². The Morgan fingerprint density at radius 1 is 1.50 bits per heavy atom. The lowest BCUT2D eigenvalue weighted by Gasteiger charge is -2.05. The molecular formula is C12H15BrO2S. The van der Waals surface area contributed by atoms with Crippen molar-refractivity contribution in [2.45, 2.75) is 24.7 Å². The van der Waals surface area contributed by atoms with Gasteiger partial charge in [0.15, 0.2) is 0 Å². The Labute approximate surface area is 109 Å². The van der Waals surface area contributed by atoms with Crippen LogP contribution >= 0.6 is 27.7 Å². The van der Waals surface area contributed by atoms with Gasteiger partial charge in [-0.25, -0.2) is 0 Å². The Bertz CT molecular complexity index is 366. The van der Waals surface area contributed by atoms with Gasteiger partial charge in [0.25, 0.3) is 0 Å². The van der Waals surface area contributed by atoms with Crippen molar-refractivity contribution in [1.29, 1.82) is 0 Å². The van der Waals surface area contributed by atoms with Crippen molar-refractivity contribution in [2.75, 3.05) is 12.9 Å². The van der Waals surface area contributed by atoms with E-state index in [4.69, 9.17) is 4.74 Å². The number of benzene rings is 1. The topological polar surface area (TPSA) is 26.3 Å². The quantitative estimate of drug-likeness (QED) is 0.613. The van der Waals surface area contributed by atoms with E-state index in [1.165, 1.54) is 4.90 Å². The second-order valence-electron chi connectivity index (χ2n) is 3.27. The maximum Gasteiger partial charge on any atom is 0.306 e. The summed E-state index contributed by atoms with van der Waals surface area (Å²) < 4.78 is 5.97. The van der Waals surface area contributed by atoms with Crippen LogP contribution in [0.4, 0.5) is 0 Å². The summed E-state index contributed by atoms with van der Waals surface area (Å²) in [4.78, 5) is 12.4. The molecule has 0 spiro atoms. The van der Waals surface area contributed by atoms with E-state index in [-0.39, 0.29) is 5.97 Å². The molecule has 0 aliphatic heterocycles. The Morgan fingerprint density at radius 3 is 2.81 bits per heavy atom. The number of rotatable bonds is 5. The first-order chi connectivity index (χ1) is 7.67. The normalized spacial score (nSPS) is 10.2. The SMILES string of the molecule is CCOC(=O)CCc1ccc(SC)c(Br)c1. The van der Waals surface area contributed by atoms with E-state index >= 15 is 0 Å². The van der Waals surface area contributed by atoms with Crippen molar-refractivity contribution in [3.05, 3.63) is 28.2 Å². The van der Waals surface area contributed by atoms with Crippen molar-refractivity contribution in [1.82, 2.24) is 0 Å². The Hall–Kier alpha value is -0.480. The molecule has 0 aliphatic rings. The summed E-state index contributed by atoms with van der Waals surface area (Å²) >= 11 is 5.21. The number of esters is 1. The van der Waals surface area contributed by atoms with Crippen molar-refractivity contribution < 1.29 is 9.53 Å². The van der Waals surface area contributed by atoms with Gasteiger partial charge in [0.05, 0.1) is 6.61 Å². The fourth-order valence-corrected chi connectivity index (χ4v) is 2.71. The first-order valence-corrected chi connectivity index (χ1v) is 7.17. The molecule has 0 aromatic heterocycles. The standard InChI is InChI=1S/C12H15BrO2S/c1-3-15-12(14)7-5-9-4-6-11(16-2)10(13)8-9/h4,6,8H,3,5,7H2,1-2H3. The number of hydrogen-bond donors (Lipinski definition) is 0. The molecule has 2 nitrogen and oxygen atoms in total. The van der Waals surface area contributed by atoms with Crippen LogP contribution in [0.15, 0.2) is 27.6 Å². The molecule has 1 aromatic carbocycles. The predicted octanol–water partition coefficient (Wildman–Crippen LogP) is 3.67. The third-order valence-electron chi connectivity index (χ3n) is 2.14. The zero-order valence-corrected chi connectivity index (χ0v) is 11.9. The van der Waals surface area contributed by atoms with Gasteiger partial charge in [-0.15, -0.1) is 11.8 Å². The van der Waals surface area contributed by atoms with Gasteiger partial charge in [0.1, 0.15) is 0 Å². The van der Waals surface area contributed by atoms with Crippen molar-refractivity contribution in [2.24, 2.45) is 0 Å². The molecule has 0 unspecified atom stereocenters. The van der Waals surface area contributed by atoms with Gasteiger partial charge >= 0.3 is 5.97 Å².